The van der Waals surface area contributed by atoms with E-state index in [0.717, 1.165) is 6.54 Å². The van der Waals surface area contributed by atoms with Crippen LogP contribution < -0.4 is 0 Å². The van der Waals surface area contributed by atoms with Gasteiger partial charge < -0.3 is 4.74 Å². The fourth-order valence-electron chi connectivity index (χ4n) is 1.97. The van der Waals surface area contributed by atoms with Crippen LogP contribution in [-0.2, 0) is 4.74 Å². The van der Waals surface area contributed by atoms with Crippen molar-refractivity contribution in [3.63, 3.8) is 0 Å². The van der Waals surface area contributed by atoms with Crippen LogP contribution in [0.5, 0.6) is 0 Å². The van der Waals surface area contributed by atoms with Crippen LogP contribution in [0.2, 0.25) is 0 Å². The van der Waals surface area contributed by atoms with E-state index in [-0.39, 0.29) is 12.6 Å². The number of hydrogen-bond donors (Lipinski definition) is 0. The number of likely N-dealkylation sites (tertiary alicyclic amines) is 1. The third kappa shape index (κ3) is 3.45. The highest BCUT2D eigenvalue weighted by Crippen LogP contribution is 2.27. The Balaban J connectivity index is 2.58. The number of rotatable bonds is 3. The second kappa shape index (κ2) is 4.83. The second-order valence-electron chi connectivity index (χ2n) is 4.95. The van der Waals surface area contributed by atoms with Gasteiger partial charge >= 0.3 is 0 Å². The molecule has 1 saturated heterocycles. The van der Waals surface area contributed by atoms with Crippen LogP contribution >= 0.6 is 0 Å². The minimum Gasteiger partial charge on any atom is -0.373 e. The van der Waals surface area contributed by atoms with Gasteiger partial charge in [-0.25, -0.2) is 0 Å². The molecule has 0 spiro atoms. The van der Waals surface area contributed by atoms with Crippen molar-refractivity contribution >= 4 is 7.85 Å². The number of halogens is 1. The summed E-state index contributed by atoms with van der Waals surface area (Å²) in [5.41, 5.74) is -1.72. The number of hydrogen-bond acceptors (Lipinski definition) is 2. The highest BCUT2D eigenvalue weighted by Gasteiger charge is 2.40. The first kappa shape index (κ1) is 13.0. The molecular weight excluding hydrogens is 192 g/mol. The van der Waals surface area contributed by atoms with E-state index in [0.29, 0.717) is 12.5 Å². The third-order valence-corrected chi connectivity index (χ3v) is 2.83. The first-order valence-electron chi connectivity index (χ1n) is 5.70. The molecular formula is C11H21BFNO. The lowest BCUT2D eigenvalue weighted by molar-refractivity contribution is -0.0933. The standard InChI is InChI=1S/C11H21BFNO/c1-8(2)14-6-5-10(15-9(3)4)11(12,13)7-14/h8-10H,5-7H2,1-4H3. The van der Waals surface area contributed by atoms with Gasteiger partial charge in [-0.1, -0.05) is 0 Å². The monoisotopic (exact) mass is 213 g/mol. The first-order chi connectivity index (χ1) is 6.83. The fraction of sp³-hybridized carbons (Fsp3) is 1.00. The number of piperidine rings is 1. The lowest BCUT2D eigenvalue weighted by Crippen LogP contribution is -2.57. The van der Waals surface area contributed by atoms with Crippen molar-refractivity contribution in [1.29, 1.82) is 0 Å². The Morgan fingerprint density at radius 1 is 1.40 bits per heavy atom. The molecule has 2 nitrogen and oxygen atoms in total. The summed E-state index contributed by atoms with van der Waals surface area (Å²) in [4.78, 5) is 2.06. The van der Waals surface area contributed by atoms with Crippen molar-refractivity contribution < 1.29 is 9.13 Å². The minimum atomic E-state index is -1.72. The summed E-state index contributed by atoms with van der Waals surface area (Å²) in [6.45, 7) is 9.05. The summed E-state index contributed by atoms with van der Waals surface area (Å²) in [6, 6.07) is 0.337. The molecule has 1 heterocycles. The molecule has 0 amide bonds. The third-order valence-electron chi connectivity index (χ3n) is 2.83. The lowest BCUT2D eigenvalue weighted by atomic mass is 9.74. The van der Waals surface area contributed by atoms with Gasteiger partial charge in [0.2, 0.25) is 0 Å². The molecule has 0 bridgehead atoms. The van der Waals surface area contributed by atoms with Gasteiger partial charge in [-0.05, 0) is 34.1 Å². The molecule has 86 valence electrons. The van der Waals surface area contributed by atoms with E-state index in [1.165, 1.54) is 0 Å². The maximum absolute atomic E-state index is 14.1. The summed E-state index contributed by atoms with van der Waals surface area (Å²) in [5.74, 6) is 0. The SMILES string of the molecule is [B]C1(F)CN(C(C)C)CCC1OC(C)C. The van der Waals surface area contributed by atoms with Crippen LogP contribution in [0.15, 0.2) is 0 Å². The smallest absolute Gasteiger partial charge is 0.126 e. The van der Waals surface area contributed by atoms with E-state index in [2.05, 4.69) is 18.7 Å². The fourth-order valence-corrected chi connectivity index (χ4v) is 1.97. The zero-order valence-corrected chi connectivity index (χ0v) is 10.2. The van der Waals surface area contributed by atoms with Gasteiger partial charge in [0, 0.05) is 19.1 Å². The van der Waals surface area contributed by atoms with Crippen molar-refractivity contribution in [1.82, 2.24) is 4.90 Å². The van der Waals surface area contributed by atoms with Gasteiger partial charge in [0.05, 0.1) is 12.2 Å². The number of nitrogens with zero attached hydrogens (tertiary/aromatic N) is 1. The molecule has 0 aromatic rings. The molecule has 0 N–H and O–H groups in total. The number of ether oxygens (including phenoxy) is 1. The second-order valence-corrected chi connectivity index (χ2v) is 4.95. The number of alkyl halides is 1. The summed E-state index contributed by atoms with van der Waals surface area (Å²) < 4.78 is 19.6. The Bertz CT molecular complexity index is 209. The van der Waals surface area contributed by atoms with Crippen molar-refractivity contribution in [2.45, 2.75) is 57.9 Å². The summed E-state index contributed by atoms with van der Waals surface area (Å²) in [6.07, 6.45) is 0.232. The Kier molecular flexibility index (Phi) is 4.18. The van der Waals surface area contributed by atoms with E-state index >= 15 is 0 Å². The molecule has 0 saturated carbocycles. The first-order valence-corrected chi connectivity index (χ1v) is 5.70. The highest BCUT2D eigenvalue weighted by atomic mass is 19.1. The van der Waals surface area contributed by atoms with Gasteiger partial charge in [-0.2, -0.15) is 0 Å². The Hall–Kier alpha value is -0.0851. The van der Waals surface area contributed by atoms with Gasteiger partial charge in [0.1, 0.15) is 13.4 Å². The molecule has 0 aromatic heterocycles. The topological polar surface area (TPSA) is 12.5 Å². The van der Waals surface area contributed by atoms with E-state index in [4.69, 9.17) is 12.6 Å². The minimum absolute atomic E-state index is 0.0271. The molecule has 2 atom stereocenters. The van der Waals surface area contributed by atoms with Crippen LogP contribution in [0.4, 0.5) is 4.39 Å². The Labute approximate surface area is 93.6 Å². The van der Waals surface area contributed by atoms with Crippen LogP contribution in [0.1, 0.15) is 34.1 Å². The van der Waals surface area contributed by atoms with Gasteiger partial charge in [-0.15, -0.1) is 0 Å². The van der Waals surface area contributed by atoms with E-state index in [1.54, 1.807) is 0 Å². The Morgan fingerprint density at radius 2 is 2.00 bits per heavy atom. The van der Waals surface area contributed by atoms with E-state index in [9.17, 15) is 4.39 Å². The zero-order valence-electron chi connectivity index (χ0n) is 10.2. The van der Waals surface area contributed by atoms with E-state index in [1.807, 2.05) is 13.8 Å². The Morgan fingerprint density at radius 3 is 2.40 bits per heavy atom. The quantitative estimate of drug-likeness (QED) is 0.662. The highest BCUT2D eigenvalue weighted by molar-refractivity contribution is 6.15. The van der Waals surface area contributed by atoms with Crippen molar-refractivity contribution in [2.24, 2.45) is 0 Å². The van der Waals surface area contributed by atoms with Crippen LogP contribution in [-0.4, -0.2) is 49.7 Å². The van der Waals surface area contributed by atoms with E-state index < -0.39 is 11.7 Å². The maximum atomic E-state index is 14.1. The van der Waals surface area contributed by atoms with Gasteiger partial charge in [0.25, 0.3) is 0 Å². The molecule has 1 rings (SSSR count). The molecule has 2 unspecified atom stereocenters. The van der Waals surface area contributed by atoms with Crippen molar-refractivity contribution in [2.75, 3.05) is 13.1 Å². The van der Waals surface area contributed by atoms with Crippen LogP contribution in [0.25, 0.3) is 0 Å². The average molecular weight is 213 g/mol. The predicted molar refractivity (Wildman–Crippen MR) is 60.9 cm³/mol. The van der Waals surface area contributed by atoms with Crippen LogP contribution in [0, 0.1) is 0 Å². The zero-order chi connectivity index (χ0) is 11.6. The normalized spacial score (nSPS) is 33.9. The van der Waals surface area contributed by atoms with Gasteiger partial charge in [-0.3, -0.25) is 9.29 Å². The molecule has 15 heavy (non-hydrogen) atoms. The summed E-state index contributed by atoms with van der Waals surface area (Å²) in [5, 5.41) is 0. The lowest BCUT2D eigenvalue weighted by Gasteiger charge is -2.43. The summed E-state index contributed by atoms with van der Waals surface area (Å²) >= 11 is 0. The average Bonchev–Trinajstić information content (AvgIpc) is 2.07. The van der Waals surface area contributed by atoms with Gasteiger partial charge in [0.15, 0.2) is 0 Å². The molecule has 2 radical (unpaired) electrons. The molecule has 1 aliphatic rings. The maximum Gasteiger partial charge on any atom is 0.126 e. The molecule has 0 aromatic carbocycles. The largest absolute Gasteiger partial charge is 0.373 e. The van der Waals surface area contributed by atoms with Crippen molar-refractivity contribution in [3.05, 3.63) is 0 Å². The predicted octanol–water partition coefficient (Wildman–Crippen LogP) is 1.73. The molecule has 1 aliphatic heterocycles. The van der Waals surface area contributed by atoms with Crippen LogP contribution in [0.3, 0.4) is 0 Å². The van der Waals surface area contributed by atoms with Crippen molar-refractivity contribution in [3.8, 4) is 0 Å². The molecule has 4 heteroatoms. The molecule has 0 aliphatic carbocycles. The molecule has 1 fully saturated rings. The summed E-state index contributed by atoms with van der Waals surface area (Å²) in [7, 11) is 5.67.